The van der Waals surface area contributed by atoms with Gasteiger partial charge in [-0.15, -0.1) is 0 Å². The Labute approximate surface area is 137 Å². The predicted molar refractivity (Wildman–Crippen MR) is 89.5 cm³/mol. The highest BCUT2D eigenvalue weighted by Gasteiger charge is 2.30. The highest BCUT2D eigenvalue weighted by Crippen LogP contribution is 2.33. The summed E-state index contributed by atoms with van der Waals surface area (Å²) in [5.41, 5.74) is 3.36. The van der Waals surface area contributed by atoms with E-state index >= 15 is 0 Å². The van der Waals surface area contributed by atoms with Gasteiger partial charge in [0.15, 0.2) is 0 Å². The molecule has 0 aromatic carbocycles. The van der Waals surface area contributed by atoms with E-state index in [1.165, 1.54) is 11.9 Å². The minimum absolute atomic E-state index is 0.152. The third kappa shape index (κ3) is 2.59. The van der Waals surface area contributed by atoms with E-state index in [4.69, 9.17) is 4.74 Å². The number of esters is 1. The molecule has 6 heteroatoms. The molecule has 4 nitrogen and oxygen atoms in total. The van der Waals surface area contributed by atoms with Crippen molar-refractivity contribution >= 4 is 51.2 Å². The fourth-order valence-electron chi connectivity index (χ4n) is 2.53. The van der Waals surface area contributed by atoms with Gasteiger partial charge < -0.3 is 4.74 Å². The number of pyridine rings is 1. The number of imidazole rings is 2. The van der Waals surface area contributed by atoms with Crippen LogP contribution in [0.25, 0.3) is 16.7 Å². The molecule has 4 heterocycles. The molecule has 4 aromatic heterocycles. The number of hydrogen-bond acceptors (Lipinski definition) is 4. The van der Waals surface area contributed by atoms with Gasteiger partial charge in [-0.25, -0.2) is 4.98 Å². The van der Waals surface area contributed by atoms with E-state index < -0.39 is 0 Å². The van der Waals surface area contributed by atoms with Crippen LogP contribution < -0.4 is 0 Å². The van der Waals surface area contributed by atoms with Crippen molar-refractivity contribution in [3.8, 4) is 0 Å². The minimum Gasteiger partial charge on any atom is -0.465 e. The lowest BCUT2D eigenvalue weighted by molar-refractivity contribution is -0.144. The lowest BCUT2D eigenvalue weighted by Gasteiger charge is -2.28. The molecule has 5 rings (SSSR count). The fraction of sp³-hybridized carbons (Fsp3) is 0.467. The molecule has 1 aliphatic carbocycles. The molecule has 1 fully saturated rings. The Bertz CT molecular complexity index is 709. The molecule has 1 aliphatic rings. The van der Waals surface area contributed by atoms with Crippen molar-refractivity contribution in [2.45, 2.75) is 31.4 Å². The highest BCUT2D eigenvalue weighted by molar-refractivity contribution is 9.10. The maximum absolute atomic E-state index is 11.1. The molecule has 4 bridgehead atoms. The number of rotatable bonds is 3. The minimum atomic E-state index is -0.177. The summed E-state index contributed by atoms with van der Waals surface area (Å²) in [7, 11) is 0. The van der Waals surface area contributed by atoms with E-state index in [0.717, 1.165) is 28.6 Å². The zero-order valence-corrected chi connectivity index (χ0v) is 14.2. The molecule has 0 spiro atoms. The SMILES string of the molecule is Brc1c2nc3cccc2n13.CCOC(=O)C(S)C1CCC1. The number of ether oxygens (including phenoxy) is 1. The van der Waals surface area contributed by atoms with Crippen LogP contribution in [0.15, 0.2) is 22.8 Å². The van der Waals surface area contributed by atoms with Gasteiger partial charge in [0.05, 0.1) is 12.1 Å². The normalized spacial score (nSPS) is 16.7. The monoisotopic (exact) mass is 368 g/mol. The first-order chi connectivity index (χ1) is 10.1. The third-order valence-corrected chi connectivity index (χ3v) is 5.32. The molecule has 0 saturated heterocycles. The molecule has 1 atom stereocenters. The number of carbonyl (C=O) groups is 1. The number of hydrogen-bond donors (Lipinski definition) is 1. The van der Waals surface area contributed by atoms with Gasteiger partial charge in [0.1, 0.15) is 21.0 Å². The van der Waals surface area contributed by atoms with E-state index in [1.54, 1.807) is 0 Å². The summed E-state index contributed by atoms with van der Waals surface area (Å²) in [6, 6.07) is 6.10. The summed E-state index contributed by atoms with van der Waals surface area (Å²) in [5, 5.41) is -0.177. The predicted octanol–water partition coefficient (Wildman–Crippen LogP) is 3.77. The average molecular weight is 369 g/mol. The van der Waals surface area contributed by atoms with Crippen molar-refractivity contribution in [2.75, 3.05) is 6.61 Å². The summed E-state index contributed by atoms with van der Waals surface area (Å²) in [5.74, 6) is 0.318. The van der Waals surface area contributed by atoms with Gasteiger partial charge in [-0.2, -0.15) is 12.6 Å². The van der Waals surface area contributed by atoms with Gasteiger partial charge in [-0.1, -0.05) is 12.5 Å². The third-order valence-electron chi connectivity index (χ3n) is 3.95. The lowest BCUT2D eigenvalue weighted by atomic mass is 9.82. The molecule has 4 aromatic rings. The van der Waals surface area contributed by atoms with Gasteiger partial charge in [0.2, 0.25) is 0 Å². The van der Waals surface area contributed by atoms with Crippen molar-refractivity contribution in [1.29, 1.82) is 0 Å². The Morgan fingerprint density at radius 3 is 2.86 bits per heavy atom. The van der Waals surface area contributed by atoms with Crippen LogP contribution >= 0.6 is 28.6 Å². The molecule has 1 unspecified atom stereocenters. The van der Waals surface area contributed by atoms with Crippen molar-refractivity contribution in [3.63, 3.8) is 0 Å². The van der Waals surface area contributed by atoms with Gasteiger partial charge in [0.25, 0.3) is 0 Å². The Morgan fingerprint density at radius 2 is 2.33 bits per heavy atom. The maximum Gasteiger partial charge on any atom is 0.319 e. The number of halogens is 1. The second-order valence-corrected chi connectivity index (χ2v) is 6.55. The van der Waals surface area contributed by atoms with Crippen LogP contribution in [0.4, 0.5) is 0 Å². The first-order valence-corrected chi connectivity index (χ1v) is 8.46. The molecular weight excluding hydrogens is 352 g/mol. The molecular formula is C15H17BrN2O2S. The van der Waals surface area contributed by atoms with E-state index in [0.29, 0.717) is 12.5 Å². The Hall–Kier alpha value is -1.01. The van der Waals surface area contributed by atoms with E-state index in [-0.39, 0.29) is 11.2 Å². The summed E-state index contributed by atoms with van der Waals surface area (Å²) < 4.78 is 8.05. The van der Waals surface area contributed by atoms with Crippen LogP contribution in [0.1, 0.15) is 26.2 Å². The molecule has 1 saturated carbocycles. The molecule has 0 radical (unpaired) electrons. The Morgan fingerprint density at radius 1 is 1.57 bits per heavy atom. The van der Waals surface area contributed by atoms with Crippen LogP contribution in [0.2, 0.25) is 0 Å². The first-order valence-electron chi connectivity index (χ1n) is 7.15. The smallest absolute Gasteiger partial charge is 0.319 e. The van der Waals surface area contributed by atoms with E-state index in [1.807, 2.05) is 19.1 Å². The molecule has 0 aliphatic heterocycles. The second kappa shape index (κ2) is 6.01. The standard InChI is InChI=1S/C8H14O2S.C7H3BrN2/c1-2-10-8(9)7(11)6-4-3-5-6;8-7-6-4-2-1-3-5(9-6)10(4)7/h6-7,11H,2-5H2,1H3;1-3H. The highest BCUT2D eigenvalue weighted by atomic mass is 79.9. The van der Waals surface area contributed by atoms with Crippen LogP contribution in [0.3, 0.4) is 0 Å². The van der Waals surface area contributed by atoms with Crippen molar-refractivity contribution < 1.29 is 9.53 Å². The van der Waals surface area contributed by atoms with Crippen molar-refractivity contribution in [2.24, 2.45) is 5.92 Å². The number of thiol groups is 1. The van der Waals surface area contributed by atoms with Gasteiger partial charge in [-0.3, -0.25) is 9.20 Å². The van der Waals surface area contributed by atoms with Gasteiger partial charge >= 0.3 is 5.97 Å². The van der Waals surface area contributed by atoms with Crippen LogP contribution in [0, 0.1) is 5.92 Å². The summed E-state index contributed by atoms with van der Waals surface area (Å²) in [6.45, 7) is 2.28. The molecule has 21 heavy (non-hydrogen) atoms. The maximum atomic E-state index is 11.1. The lowest BCUT2D eigenvalue weighted by Crippen LogP contribution is -2.31. The van der Waals surface area contributed by atoms with E-state index in [9.17, 15) is 4.79 Å². The largest absolute Gasteiger partial charge is 0.465 e. The summed E-state index contributed by atoms with van der Waals surface area (Å²) in [6.07, 6.45) is 3.50. The molecule has 0 amide bonds. The average Bonchev–Trinajstić information content (AvgIpc) is 2.87. The van der Waals surface area contributed by atoms with Crippen LogP contribution in [-0.2, 0) is 9.53 Å². The van der Waals surface area contributed by atoms with Gasteiger partial charge in [-0.05, 0) is 53.7 Å². The fourth-order valence-corrected chi connectivity index (χ4v) is 3.57. The number of carbonyl (C=O) groups excluding carboxylic acids is 1. The summed E-state index contributed by atoms with van der Waals surface area (Å²) >= 11 is 7.64. The van der Waals surface area contributed by atoms with Crippen LogP contribution in [0.5, 0.6) is 0 Å². The Balaban J connectivity index is 0.000000126. The van der Waals surface area contributed by atoms with Crippen molar-refractivity contribution in [1.82, 2.24) is 9.38 Å². The molecule has 112 valence electrons. The zero-order chi connectivity index (χ0) is 15.0. The number of aromatic nitrogens is 2. The second-order valence-electron chi connectivity index (χ2n) is 5.24. The molecule has 0 N–H and O–H groups in total. The zero-order valence-electron chi connectivity index (χ0n) is 11.8. The Kier molecular flexibility index (Phi) is 4.26. The van der Waals surface area contributed by atoms with Crippen LogP contribution in [-0.4, -0.2) is 27.2 Å². The quantitative estimate of drug-likeness (QED) is 0.565. The number of nitrogens with zero attached hydrogens (tertiary/aromatic N) is 2. The first kappa shape index (κ1) is 14.9. The van der Waals surface area contributed by atoms with E-state index in [2.05, 4.69) is 44.0 Å². The van der Waals surface area contributed by atoms with Gasteiger partial charge in [0, 0.05) is 0 Å². The topological polar surface area (TPSA) is 43.6 Å². The summed E-state index contributed by atoms with van der Waals surface area (Å²) in [4.78, 5) is 15.4. The van der Waals surface area contributed by atoms with Crippen molar-refractivity contribution in [3.05, 3.63) is 22.8 Å².